The minimum Gasteiger partial charge on any atom is -0.508 e. The van der Waals surface area contributed by atoms with Gasteiger partial charge in [-0.25, -0.2) is 0 Å². The standard InChI is InChI=1S/C47H78N14O14/c1-9-23(6)36(38(50)67)60-39(68)24(7)54-45(74)35(22(4)5)59-43(72)30(17-21(2)3)56-42(71)32(20-34(65)66)58-46(75)37(25(8)62)61-44(73)31(18-26-12-14-27(63)15-13-26)57-41(70)29(11-10-16-53-47(51)52)55-40(69)28(48)19-33(49)64/h12-15,21-25,28-32,35-37,62-63H,9-11,16-20,48H2,1-8H3,(H2,49,64)(H2,50,67)(H,54,74)(H,55,69)(H,56,71)(H,57,70)(H,58,75)(H,59,72)(H,60,68)(H,61,73)(H,65,66)(H4,51,52,53). The first-order valence-electron chi connectivity index (χ1n) is 24.4. The van der Waals surface area contributed by atoms with Crippen LogP contribution in [0.2, 0.25) is 0 Å². The Kier molecular flexibility index (Phi) is 27.8. The van der Waals surface area contributed by atoms with Crippen LogP contribution in [0.1, 0.15) is 99.5 Å². The number of nitrogens with zero attached hydrogens (tertiary/aromatic N) is 1. The van der Waals surface area contributed by atoms with Gasteiger partial charge in [0.1, 0.15) is 54.1 Å². The number of aromatic hydroxyl groups is 1. The number of aliphatic imine (C=N–C) groups is 1. The van der Waals surface area contributed by atoms with Crippen molar-refractivity contribution >= 4 is 71.0 Å². The number of aliphatic hydroxyl groups is 1. The number of amides is 10. The number of primary amides is 2. The number of carbonyl (C=O) groups excluding carboxylic acids is 10. The van der Waals surface area contributed by atoms with Crippen LogP contribution in [0.5, 0.6) is 5.75 Å². The lowest BCUT2D eigenvalue weighted by molar-refractivity contribution is -0.142. The van der Waals surface area contributed by atoms with E-state index in [0.717, 1.165) is 6.92 Å². The number of hydrogen-bond donors (Lipinski definition) is 16. The molecule has 1 aromatic carbocycles. The van der Waals surface area contributed by atoms with Gasteiger partial charge in [-0.2, -0.15) is 0 Å². The maximum absolute atomic E-state index is 14.1. The van der Waals surface area contributed by atoms with E-state index >= 15 is 0 Å². The summed E-state index contributed by atoms with van der Waals surface area (Å²) < 4.78 is 0. The van der Waals surface area contributed by atoms with Gasteiger partial charge in [0, 0.05) is 13.0 Å². The first-order chi connectivity index (χ1) is 34.9. The van der Waals surface area contributed by atoms with Crippen molar-refractivity contribution in [3.63, 3.8) is 0 Å². The smallest absolute Gasteiger partial charge is 0.305 e. The normalized spacial score (nSPS) is 15.5. The van der Waals surface area contributed by atoms with Gasteiger partial charge < -0.3 is 86.5 Å². The van der Waals surface area contributed by atoms with Gasteiger partial charge >= 0.3 is 5.97 Å². The highest BCUT2D eigenvalue weighted by Gasteiger charge is 2.37. The molecule has 0 saturated heterocycles. The molecule has 11 unspecified atom stereocenters. The molecule has 0 aliphatic heterocycles. The number of phenols is 1. The van der Waals surface area contributed by atoms with Crippen LogP contribution >= 0.6 is 0 Å². The zero-order valence-electron chi connectivity index (χ0n) is 43.6. The molecule has 10 amide bonds. The Morgan fingerprint density at radius 1 is 0.587 bits per heavy atom. The summed E-state index contributed by atoms with van der Waals surface area (Å²) >= 11 is 0. The van der Waals surface area contributed by atoms with Gasteiger partial charge in [0.05, 0.1) is 25.0 Å². The van der Waals surface area contributed by atoms with Crippen molar-refractivity contribution in [2.24, 2.45) is 51.4 Å². The lowest BCUT2D eigenvalue weighted by atomic mass is 9.98. The zero-order chi connectivity index (χ0) is 57.4. The second-order valence-corrected chi connectivity index (χ2v) is 19.0. The van der Waals surface area contributed by atoms with Crippen LogP contribution in [0, 0.1) is 17.8 Å². The topological polar surface area (TPSA) is 487 Å². The zero-order valence-corrected chi connectivity index (χ0v) is 43.6. The van der Waals surface area contributed by atoms with E-state index in [2.05, 4.69) is 47.5 Å². The Balaban J connectivity index is 3.49. The van der Waals surface area contributed by atoms with Crippen LogP contribution in [0.4, 0.5) is 0 Å². The van der Waals surface area contributed by atoms with Gasteiger partial charge in [0.15, 0.2) is 5.96 Å². The number of guanidine groups is 1. The van der Waals surface area contributed by atoms with E-state index in [4.69, 9.17) is 28.7 Å². The molecule has 0 spiro atoms. The molecule has 0 heterocycles. The predicted octanol–water partition coefficient (Wildman–Crippen LogP) is -4.82. The largest absolute Gasteiger partial charge is 0.508 e. The second-order valence-electron chi connectivity index (χ2n) is 19.0. The van der Waals surface area contributed by atoms with E-state index < -0.39 is 144 Å². The lowest BCUT2D eigenvalue weighted by Gasteiger charge is -2.29. The Bertz CT molecular complexity index is 2190. The first kappa shape index (κ1) is 65.4. The molecule has 1 rings (SSSR count). The van der Waals surface area contributed by atoms with E-state index in [1.165, 1.54) is 31.2 Å². The van der Waals surface area contributed by atoms with Crippen molar-refractivity contribution in [1.82, 2.24) is 42.5 Å². The van der Waals surface area contributed by atoms with Crippen LogP contribution in [-0.2, 0) is 59.2 Å². The van der Waals surface area contributed by atoms with Gasteiger partial charge in [-0.1, -0.05) is 60.1 Å². The molecular weight excluding hydrogens is 985 g/mol. The van der Waals surface area contributed by atoms with E-state index in [1.54, 1.807) is 41.5 Å². The Morgan fingerprint density at radius 3 is 1.59 bits per heavy atom. The second kappa shape index (κ2) is 31.9. The average Bonchev–Trinajstić information content (AvgIpc) is 3.30. The number of aliphatic hydroxyl groups excluding tert-OH is 1. The van der Waals surface area contributed by atoms with E-state index in [-0.39, 0.29) is 55.8 Å². The SMILES string of the molecule is CCC(C)C(NC(=O)C(C)NC(=O)C(NC(=O)C(CC(C)C)NC(=O)C(CC(=O)O)NC(=O)C(NC(=O)C(Cc1ccc(O)cc1)NC(=O)C(CCCN=C(N)N)NC(=O)C(N)CC(N)=O)C(C)O)C(C)C)C(N)=O. The molecule has 0 aliphatic carbocycles. The number of carbonyl (C=O) groups is 11. The fourth-order valence-corrected chi connectivity index (χ4v) is 7.15. The fraction of sp³-hybridized carbons (Fsp3) is 0.617. The van der Waals surface area contributed by atoms with Gasteiger partial charge in [-0.3, -0.25) is 57.7 Å². The highest BCUT2D eigenvalue weighted by atomic mass is 16.4. The molecule has 28 nitrogen and oxygen atoms in total. The number of carboxylic acid groups (broad SMARTS) is 1. The molecule has 0 radical (unpaired) electrons. The fourth-order valence-electron chi connectivity index (χ4n) is 7.15. The van der Waals surface area contributed by atoms with Crippen LogP contribution in [-0.4, -0.2) is 153 Å². The minimum absolute atomic E-state index is 0.00526. The summed E-state index contributed by atoms with van der Waals surface area (Å²) in [7, 11) is 0. The number of aliphatic carboxylic acids is 1. The predicted molar refractivity (Wildman–Crippen MR) is 272 cm³/mol. The third kappa shape index (κ3) is 23.9. The molecule has 0 fully saturated rings. The van der Waals surface area contributed by atoms with E-state index in [9.17, 15) is 68.1 Å². The molecule has 0 aliphatic rings. The highest BCUT2D eigenvalue weighted by molar-refractivity contribution is 5.99. The molecule has 28 heteroatoms. The van der Waals surface area contributed by atoms with Crippen LogP contribution in [0.15, 0.2) is 29.3 Å². The van der Waals surface area contributed by atoms with Crippen molar-refractivity contribution < 1.29 is 68.1 Å². The monoisotopic (exact) mass is 1060 g/mol. The number of carboxylic acids is 1. The van der Waals surface area contributed by atoms with Crippen molar-refractivity contribution in [3.05, 3.63) is 29.8 Å². The summed E-state index contributed by atoms with van der Waals surface area (Å²) in [6, 6.07) is -7.93. The molecule has 0 bridgehead atoms. The quantitative estimate of drug-likeness (QED) is 0.0178. The van der Waals surface area contributed by atoms with Crippen molar-refractivity contribution in [3.8, 4) is 5.75 Å². The highest BCUT2D eigenvalue weighted by Crippen LogP contribution is 2.14. The average molecular weight is 1060 g/mol. The molecule has 0 saturated carbocycles. The summed E-state index contributed by atoms with van der Waals surface area (Å²) in [4.78, 5) is 149. The molecule has 1 aromatic rings. The summed E-state index contributed by atoms with van der Waals surface area (Å²) in [5, 5.41) is 50.0. The third-order valence-corrected chi connectivity index (χ3v) is 11.6. The van der Waals surface area contributed by atoms with Crippen LogP contribution < -0.4 is 71.2 Å². The first-order valence-corrected chi connectivity index (χ1v) is 24.4. The summed E-state index contributed by atoms with van der Waals surface area (Å²) in [6.45, 7) is 12.6. The van der Waals surface area contributed by atoms with Gasteiger partial charge in [-0.15, -0.1) is 0 Å². The minimum atomic E-state index is -1.95. The Hall–Kier alpha value is -7.62. The van der Waals surface area contributed by atoms with E-state index in [1.807, 2.05) is 0 Å². The summed E-state index contributed by atoms with van der Waals surface area (Å²) in [6.07, 6.45) is -3.31. The van der Waals surface area contributed by atoms with Crippen LogP contribution in [0.25, 0.3) is 0 Å². The lowest BCUT2D eigenvalue weighted by Crippen LogP contribution is -2.62. The van der Waals surface area contributed by atoms with Gasteiger partial charge in [-0.05, 0) is 68.6 Å². The molecule has 11 atom stereocenters. The van der Waals surface area contributed by atoms with Crippen molar-refractivity contribution in [1.29, 1.82) is 0 Å². The molecule has 21 N–H and O–H groups in total. The molecule has 75 heavy (non-hydrogen) atoms. The van der Waals surface area contributed by atoms with E-state index in [0.29, 0.717) is 12.0 Å². The van der Waals surface area contributed by atoms with Crippen LogP contribution in [0.3, 0.4) is 0 Å². The summed E-state index contributed by atoms with van der Waals surface area (Å²) in [5.74, 6) is -12.8. The number of rotatable bonds is 33. The third-order valence-electron chi connectivity index (χ3n) is 11.6. The Labute approximate surface area is 435 Å². The van der Waals surface area contributed by atoms with Gasteiger partial charge in [0.2, 0.25) is 59.1 Å². The number of nitrogens with two attached hydrogens (primary N) is 5. The number of benzene rings is 1. The summed E-state index contributed by atoms with van der Waals surface area (Å²) in [5.41, 5.74) is 27.6. The number of hydrogen-bond acceptors (Lipinski definition) is 15. The number of nitrogens with one attached hydrogen (secondary N) is 8. The van der Waals surface area contributed by atoms with Crippen molar-refractivity contribution in [2.75, 3.05) is 6.54 Å². The van der Waals surface area contributed by atoms with Gasteiger partial charge in [0.25, 0.3) is 0 Å². The molecule has 420 valence electrons. The maximum atomic E-state index is 14.1. The molecule has 0 aromatic heterocycles. The maximum Gasteiger partial charge on any atom is 0.305 e. The Morgan fingerprint density at radius 2 is 1.08 bits per heavy atom. The van der Waals surface area contributed by atoms with Crippen molar-refractivity contribution in [2.45, 2.75) is 161 Å². The molecular formula is C47H78N14O14. The number of phenolic OH excluding ortho intramolecular Hbond substituents is 1.